The van der Waals surface area contributed by atoms with Crippen molar-refractivity contribution >= 4 is 17.5 Å². The normalized spacial score (nSPS) is 25.4. The zero-order chi connectivity index (χ0) is 19.9. The number of rotatable bonds is 9. The summed E-state index contributed by atoms with van der Waals surface area (Å²) >= 11 is 0. The second-order valence-corrected chi connectivity index (χ2v) is 7.82. The number of benzene rings is 1. The van der Waals surface area contributed by atoms with Gasteiger partial charge in [-0.1, -0.05) is 26.2 Å². The van der Waals surface area contributed by atoms with Crippen LogP contribution in [0.2, 0.25) is 0 Å². The Morgan fingerprint density at radius 3 is 2.43 bits per heavy atom. The number of nitrogens with zero attached hydrogens (tertiary/aromatic N) is 1. The van der Waals surface area contributed by atoms with E-state index in [-0.39, 0.29) is 24.0 Å². The van der Waals surface area contributed by atoms with Gasteiger partial charge in [0.2, 0.25) is 5.91 Å². The van der Waals surface area contributed by atoms with E-state index >= 15 is 0 Å². The van der Waals surface area contributed by atoms with Crippen molar-refractivity contribution in [3.8, 4) is 5.75 Å². The van der Waals surface area contributed by atoms with Gasteiger partial charge < -0.3 is 14.4 Å². The van der Waals surface area contributed by atoms with Crippen LogP contribution in [0.5, 0.6) is 5.75 Å². The van der Waals surface area contributed by atoms with Crippen LogP contribution in [-0.4, -0.2) is 50.8 Å². The Morgan fingerprint density at radius 2 is 1.79 bits per heavy atom. The first-order chi connectivity index (χ1) is 13.6. The Bertz CT molecular complexity index is 653. The van der Waals surface area contributed by atoms with Crippen molar-refractivity contribution in [1.29, 1.82) is 0 Å². The van der Waals surface area contributed by atoms with Crippen molar-refractivity contribution in [3.05, 3.63) is 24.3 Å². The molecule has 0 aliphatic carbocycles. The first kappa shape index (κ1) is 20.8. The molecule has 6 heteroatoms. The molecule has 2 aliphatic rings. The largest absolute Gasteiger partial charge is 0.494 e. The number of ether oxygens (including phenoxy) is 2. The number of piperidine rings is 1. The van der Waals surface area contributed by atoms with Crippen LogP contribution in [0.15, 0.2) is 24.3 Å². The maximum atomic E-state index is 12.9. The lowest BCUT2D eigenvalue weighted by Gasteiger charge is -2.31. The number of quaternary nitrogens is 1. The van der Waals surface area contributed by atoms with Gasteiger partial charge in [0.15, 0.2) is 6.04 Å². The zero-order valence-corrected chi connectivity index (χ0v) is 17.1. The molecule has 0 unspecified atom stereocenters. The van der Waals surface area contributed by atoms with Crippen molar-refractivity contribution in [2.75, 3.05) is 31.7 Å². The predicted octanol–water partition coefficient (Wildman–Crippen LogP) is 1.97. The van der Waals surface area contributed by atoms with E-state index in [0.29, 0.717) is 18.7 Å². The van der Waals surface area contributed by atoms with Crippen LogP contribution in [-0.2, 0) is 14.3 Å². The minimum Gasteiger partial charge on any atom is -0.494 e. The number of amides is 2. The highest BCUT2D eigenvalue weighted by Gasteiger charge is 2.46. The number of hydrogen-bond acceptors (Lipinski definition) is 4. The molecule has 2 amide bonds. The fourth-order valence-electron chi connectivity index (χ4n) is 4.18. The highest BCUT2D eigenvalue weighted by atomic mass is 16.5. The number of carbonyl (C=O) groups is 2. The number of likely N-dealkylation sites (tertiary alicyclic amines) is 1. The molecular formula is C22H33N2O4+. The number of unbranched alkanes of at least 4 members (excludes halogenated alkanes) is 3. The fraction of sp³-hybridized carbons (Fsp3) is 0.636. The number of imide groups is 1. The van der Waals surface area contributed by atoms with Gasteiger partial charge in [-0.15, -0.1) is 0 Å². The number of methoxy groups -OCH3 is 1. The van der Waals surface area contributed by atoms with Gasteiger partial charge in [-0.05, 0) is 30.7 Å². The van der Waals surface area contributed by atoms with Gasteiger partial charge in [-0.25, -0.2) is 4.90 Å². The lowest BCUT2D eigenvalue weighted by molar-refractivity contribution is -0.920. The Hall–Kier alpha value is -1.92. The number of anilines is 1. The lowest BCUT2D eigenvalue weighted by Crippen LogP contribution is -3.17. The van der Waals surface area contributed by atoms with Crippen LogP contribution >= 0.6 is 0 Å². The summed E-state index contributed by atoms with van der Waals surface area (Å²) in [5.41, 5.74) is 0.641. The van der Waals surface area contributed by atoms with Gasteiger partial charge in [0.05, 0.1) is 37.9 Å². The third-order valence-electron chi connectivity index (χ3n) is 5.91. The molecule has 0 radical (unpaired) electrons. The topological polar surface area (TPSA) is 60.3 Å². The van der Waals surface area contributed by atoms with E-state index in [4.69, 9.17) is 9.47 Å². The molecule has 1 atom stereocenters. The van der Waals surface area contributed by atoms with Crippen molar-refractivity contribution in [2.45, 2.75) is 64.0 Å². The highest BCUT2D eigenvalue weighted by Crippen LogP contribution is 2.25. The van der Waals surface area contributed by atoms with Crippen LogP contribution in [0.4, 0.5) is 5.69 Å². The molecule has 154 valence electrons. The minimum atomic E-state index is -0.264. The van der Waals surface area contributed by atoms with Crippen LogP contribution < -0.4 is 14.5 Å². The number of nitrogens with one attached hydrogen (secondary N) is 1. The molecule has 0 aromatic heterocycles. The third-order valence-corrected chi connectivity index (χ3v) is 5.91. The monoisotopic (exact) mass is 389 g/mol. The van der Waals surface area contributed by atoms with E-state index in [1.807, 2.05) is 24.3 Å². The van der Waals surface area contributed by atoms with Gasteiger partial charge >= 0.3 is 0 Å². The summed E-state index contributed by atoms with van der Waals surface area (Å²) < 4.78 is 11.2. The van der Waals surface area contributed by atoms with Gasteiger partial charge in [-0.3, -0.25) is 9.59 Å². The van der Waals surface area contributed by atoms with Crippen molar-refractivity contribution in [1.82, 2.24) is 0 Å². The van der Waals surface area contributed by atoms with Crippen LogP contribution in [0, 0.1) is 0 Å². The molecule has 1 aromatic rings. The van der Waals surface area contributed by atoms with Gasteiger partial charge in [0, 0.05) is 20.0 Å². The molecule has 1 aromatic carbocycles. The van der Waals surface area contributed by atoms with Crippen molar-refractivity contribution < 1.29 is 24.0 Å². The van der Waals surface area contributed by atoms with E-state index < -0.39 is 0 Å². The second kappa shape index (κ2) is 10.0. The predicted molar refractivity (Wildman–Crippen MR) is 108 cm³/mol. The maximum Gasteiger partial charge on any atom is 0.292 e. The lowest BCUT2D eigenvalue weighted by atomic mass is 10.0. The summed E-state index contributed by atoms with van der Waals surface area (Å²) in [7, 11) is 1.74. The molecule has 0 spiro atoms. The quantitative estimate of drug-likeness (QED) is 0.518. The SMILES string of the molecule is CCCCCCOc1ccc(N2C(=O)C[C@@H]([NH+]3CCC(OC)CC3)C2=O)cc1. The minimum absolute atomic E-state index is 0.0795. The van der Waals surface area contributed by atoms with E-state index in [1.165, 1.54) is 29.1 Å². The van der Waals surface area contributed by atoms with Crippen LogP contribution in [0.1, 0.15) is 51.9 Å². The standard InChI is InChI=1S/C22H32N2O4/c1-3-4-5-6-15-28-19-9-7-17(8-10-19)24-21(25)16-20(22(24)26)23-13-11-18(27-2)12-14-23/h7-10,18,20H,3-6,11-16H2,1-2H3/p+1/t20-/m1/s1. The molecule has 1 N–H and O–H groups in total. The highest BCUT2D eigenvalue weighted by molar-refractivity contribution is 6.21. The first-order valence-corrected chi connectivity index (χ1v) is 10.6. The van der Waals surface area contributed by atoms with E-state index in [2.05, 4.69) is 6.92 Å². The van der Waals surface area contributed by atoms with Crippen molar-refractivity contribution in [2.24, 2.45) is 0 Å². The van der Waals surface area contributed by atoms with E-state index in [0.717, 1.165) is 38.1 Å². The Labute approximate surface area is 167 Å². The molecule has 6 nitrogen and oxygen atoms in total. The Kier molecular flexibility index (Phi) is 7.45. The summed E-state index contributed by atoms with van der Waals surface area (Å²) in [4.78, 5) is 28.1. The Morgan fingerprint density at radius 1 is 1.07 bits per heavy atom. The molecule has 0 bridgehead atoms. The summed E-state index contributed by atoms with van der Waals surface area (Å²) in [6.45, 7) is 4.64. The Balaban J connectivity index is 1.56. The molecule has 2 saturated heterocycles. The summed E-state index contributed by atoms with van der Waals surface area (Å²) in [5, 5.41) is 0. The molecule has 0 saturated carbocycles. The molecule has 2 aliphatic heterocycles. The van der Waals surface area contributed by atoms with Crippen LogP contribution in [0.3, 0.4) is 0 Å². The van der Waals surface area contributed by atoms with Gasteiger partial charge in [0.25, 0.3) is 5.91 Å². The fourth-order valence-corrected chi connectivity index (χ4v) is 4.18. The second-order valence-electron chi connectivity index (χ2n) is 7.82. The molecular weight excluding hydrogens is 356 g/mol. The molecule has 28 heavy (non-hydrogen) atoms. The first-order valence-electron chi connectivity index (χ1n) is 10.6. The van der Waals surface area contributed by atoms with Crippen LogP contribution in [0.25, 0.3) is 0 Å². The van der Waals surface area contributed by atoms with E-state index in [9.17, 15) is 9.59 Å². The van der Waals surface area contributed by atoms with Crippen molar-refractivity contribution in [3.63, 3.8) is 0 Å². The molecule has 3 rings (SSSR count). The number of hydrogen-bond donors (Lipinski definition) is 1. The van der Waals surface area contributed by atoms with E-state index in [1.54, 1.807) is 7.11 Å². The third kappa shape index (κ3) is 4.92. The van der Waals surface area contributed by atoms with Gasteiger partial charge in [-0.2, -0.15) is 0 Å². The molecule has 2 fully saturated rings. The zero-order valence-electron chi connectivity index (χ0n) is 17.1. The molecule has 2 heterocycles. The smallest absolute Gasteiger partial charge is 0.292 e. The maximum absolute atomic E-state index is 12.9. The van der Waals surface area contributed by atoms with Gasteiger partial charge in [0.1, 0.15) is 5.75 Å². The summed E-state index contributed by atoms with van der Waals surface area (Å²) in [5.74, 6) is 0.594. The summed E-state index contributed by atoms with van der Waals surface area (Å²) in [6.07, 6.45) is 7.11. The average molecular weight is 390 g/mol. The average Bonchev–Trinajstić information content (AvgIpc) is 3.02. The number of carbonyl (C=O) groups excluding carboxylic acids is 2. The summed E-state index contributed by atoms with van der Waals surface area (Å²) in [6, 6.07) is 7.05.